The van der Waals surface area contributed by atoms with Crippen LogP contribution in [-0.4, -0.2) is 20.9 Å². The van der Waals surface area contributed by atoms with Gasteiger partial charge in [-0.05, 0) is 15.9 Å². The first kappa shape index (κ1) is 9.11. The van der Waals surface area contributed by atoms with Crippen molar-refractivity contribution in [2.75, 3.05) is 0 Å². The van der Waals surface area contributed by atoms with Crippen LogP contribution in [0.5, 0.6) is 0 Å². The number of carbonyl (C=O) groups is 1. The second-order valence-corrected chi connectivity index (χ2v) is 2.65. The maximum atomic E-state index is 11.9. The number of hydrogen-bond acceptors (Lipinski definition) is 2. The zero-order valence-electron chi connectivity index (χ0n) is 5.54. The van der Waals surface area contributed by atoms with Crippen molar-refractivity contribution >= 4 is 21.9 Å². The van der Waals surface area contributed by atoms with Gasteiger partial charge in [-0.25, -0.2) is 9.48 Å². The summed E-state index contributed by atoms with van der Waals surface area (Å²) >= 11 is 2.74. The van der Waals surface area contributed by atoms with Crippen LogP contribution in [0.25, 0.3) is 0 Å². The van der Waals surface area contributed by atoms with Crippen molar-refractivity contribution in [3.05, 3.63) is 16.4 Å². The van der Waals surface area contributed by atoms with Gasteiger partial charge >= 0.3 is 12.5 Å². The predicted molar refractivity (Wildman–Crippen MR) is 38.1 cm³/mol. The van der Waals surface area contributed by atoms with Crippen LogP contribution in [-0.2, 0) is 0 Å². The second kappa shape index (κ2) is 3.18. The Morgan fingerprint density at radius 1 is 1.75 bits per heavy atom. The SMILES string of the molecule is O=C(O)c1cn(C(F)F)nc1Br. The van der Waals surface area contributed by atoms with E-state index in [0.717, 1.165) is 6.20 Å². The van der Waals surface area contributed by atoms with Gasteiger partial charge in [-0.15, -0.1) is 0 Å². The minimum absolute atomic E-state index is 0.102. The summed E-state index contributed by atoms with van der Waals surface area (Å²) in [5, 5.41) is 11.7. The summed E-state index contributed by atoms with van der Waals surface area (Å²) in [6.45, 7) is -2.82. The van der Waals surface area contributed by atoms with Crippen molar-refractivity contribution in [2.45, 2.75) is 6.55 Å². The number of rotatable bonds is 2. The summed E-state index contributed by atoms with van der Waals surface area (Å²) in [6, 6.07) is 0. The lowest BCUT2D eigenvalue weighted by molar-refractivity contribution is 0.0560. The number of halogens is 3. The minimum Gasteiger partial charge on any atom is -0.478 e. The van der Waals surface area contributed by atoms with Gasteiger partial charge in [-0.3, -0.25) is 0 Å². The highest BCUT2D eigenvalue weighted by molar-refractivity contribution is 9.10. The average Bonchev–Trinajstić information content (AvgIpc) is 2.30. The topological polar surface area (TPSA) is 55.1 Å². The molecule has 1 heterocycles. The Labute approximate surface area is 73.9 Å². The highest BCUT2D eigenvalue weighted by Crippen LogP contribution is 2.18. The zero-order chi connectivity index (χ0) is 9.30. The van der Waals surface area contributed by atoms with Crippen LogP contribution >= 0.6 is 15.9 Å². The van der Waals surface area contributed by atoms with Gasteiger partial charge in [0, 0.05) is 6.20 Å². The van der Waals surface area contributed by atoms with E-state index in [0.29, 0.717) is 0 Å². The Morgan fingerprint density at radius 2 is 2.33 bits per heavy atom. The smallest absolute Gasteiger partial charge is 0.340 e. The lowest BCUT2D eigenvalue weighted by atomic mass is 10.4. The van der Waals surface area contributed by atoms with Gasteiger partial charge in [0.25, 0.3) is 0 Å². The molecule has 0 aliphatic rings. The van der Waals surface area contributed by atoms with E-state index in [9.17, 15) is 13.6 Å². The van der Waals surface area contributed by atoms with Crippen LogP contribution in [0.1, 0.15) is 16.9 Å². The van der Waals surface area contributed by atoms with Gasteiger partial charge in [0.2, 0.25) is 0 Å². The van der Waals surface area contributed by atoms with Gasteiger partial charge in [-0.2, -0.15) is 13.9 Å². The Bertz CT molecular complexity index is 312. The fourth-order valence-corrected chi connectivity index (χ4v) is 1.07. The molecule has 7 heteroatoms. The van der Waals surface area contributed by atoms with Crippen molar-refractivity contribution in [1.29, 1.82) is 0 Å². The van der Waals surface area contributed by atoms with E-state index in [4.69, 9.17) is 5.11 Å². The summed E-state index contributed by atoms with van der Waals surface area (Å²) in [5.74, 6) is -1.30. The van der Waals surface area contributed by atoms with Gasteiger partial charge in [0.15, 0.2) is 0 Å². The minimum atomic E-state index is -2.82. The van der Waals surface area contributed by atoms with Gasteiger partial charge in [0.05, 0.1) is 0 Å². The molecule has 1 N–H and O–H groups in total. The van der Waals surface area contributed by atoms with Crippen molar-refractivity contribution in [1.82, 2.24) is 9.78 Å². The highest BCUT2D eigenvalue weighted by Gasteiger charge is 2.16. The van der Waals surface area contributed by atoms with Crippen LogP contribution in [0.4, 0.5) is 8.78 Å². The molecule has 0 bridgehead atoms. The number of alkyl halides is 2. The molecule has 0 saturated heterocycles. The van der Waals surface area contributed by atoms with E-state index in [2.05, 4.69) is 21.0 Å². The third kappa shape index (κ3) is 1.60. The third-order valence-corrected chi connectivity index (χ3v) is 1.70. The monoisotopic (exact) mass is 240 g/mol. The lowest BCUT2D eigenvalue weighted by Gasteiger charge is -1.94. The zero-order valence-corrected chi connectivity index (χ0v) is 7.12. The maximum absolute atomic E-state index is 11.9. The first-order valence-corrected chi connectivity index (χ1v) is 3.57. The predicted octanol–water partition coefficient (Wildman–Crippen LogP) is 1.74. The van der Waals surface area contributed by atoms with E-state index in [1.54, 1.807) is 0 Å². The molecule has 0 spiro atoms. The Hall–Kier alpha value is -0.980. The number of aromatic carboxylic acids is 1. The molecule has 1 aromatic rings. The van der Waals surface area contributed by atoms with E-state index in [-0.39, 0.29) is 14.8 Å². The molecule has 0 aliphatic carbocycles. The molecular formula is C5H3BrF2N2O2. The van der Waals surface area contributed by atoms with Gasteiger partial charge < -0.3 is 5.11 Å². The molecule has 0 amide bonds. The molecule has 0 atom stereocenters. The van der Waals surface area contributed by atoms with Crippen LogP contribution in [0.3, 0.4) is 0 Å². The van der Waals surface area contributed by atoms with Gasteiger partial charge in [-0.1, -0.05) is 0 Å². The first-order chi connectivity index (χ1) is 5.52. The van der Waals surface area contributed by atoms with Crippen LogP contribution in [0, 0.1) is 0 Å². The third-order valence-electron chi connectivity index (χ3n) is 1.12. The molecule has 1 aromatic heterocycles. The summed E-state index contributed by atoms with van der Waals surface area (Å²) in [6.07, 6.45) is 0.761. The molecule has 1 rings (SSSR count). The van der Waals surface area contributed by atoms with Crippen LogP contribution in [0.15, 0.2) is 10.8 Å². The van der Waals surface area contributed by atoms with Crippen molar-refractivity contribution < 1.29 is 18.7 Å². The Morgan fingerprint density at radius 3 is 2.58 bits per heavy atom. The summed E-state index contributed by atoms with van der Waals surface area (Å²) < 4.78 is 24.0. The first-order valence-electron chi connectivity index (χ1n) is 2.78. The molecule has 4 nitrogen and oxygen atoms in total. The second-order valence-electron chi connectivity index (χ2n) is 1.90. The fourth-order valence-electron chi connectivity index (χ4n) is 0.613. The molecule has 0 unspecified atom stereocenters. The quantitative estimate of drug-likeness (QED) is 0.857. The number of hydrogen-bond donors (Lipinski definition) is 1. The summed E-state index contributed by atoms with van der Waals surface area (Å²) in [4.78, 5) is 10.3. The van der Waals surface area contributed by atoms with Crippen molar-refractivity contribution in [2.24, 2.45) is 0 Å². The van der Waals surface area contributed by atoms with E-state index >= 15 is 0 Å². The van der Waals surface area contributed by atoms with Crippen LogP contribution in [0.2, 0.25) is 0 Å². The normalized spacial score (nSPS) is 10.7. The number of carboxylic acids is 1. The maximum Gasteiger partial charge on any atom is 0.340 e. The van der Waals surface area contributed by atoms with E-state index in [1.165, 1.54) is 0 Å². The standard InChI is InChI=1S/C5H3BrF2N2O2/c6-3-2(4(11)12)1-10(9-3)5(7)8/h1,5H,(H,11,12). The summed E-state index contributed by atoms with van der Waals surface area (Å²) in [5.41, 5.74) is -0.282. The van der Waals surface area contributed by atoms with Crippen molar-refractivity contribution in [3.63, 3.8) is 0 Å². The van der Waals surface area contributed by atoms with Gasteiger partial charge in [0.1, 0.15) is 10.2 Å². The average molecular weight is 241 g/mol. The molecule has 12 heavy (non-hydrogen) atoms. The van der Waals surface area contributed by atoms with Crippen LogP contribution < -0.4 is 0 Å². The fraction of sp³-hybridized carbons (Fsp3) is 0.200. The molecule has 0 radical (unpaired) electrons. The molecule has 0 aromatic carbocycles. The lowest BCUT2D eigenvalue weighted by Crippen LogP contribution is -1.98. The molecule has 0 fully saturated rings. The molecule has 0 saturated carbocycles. The largest absolute Gasteiger partial charge is 0.478 e. The van der Waals surface area contributed by atoms with E-state index in [1.807, 2.05) is 0 Å². The summed E-state index contributed by atoms with van der Waals surface area (Å²) in [7, 11) is 0. The number of carboxylic acid groups (broad SMARTS) is 1. The highest BCUT2D eigenvalue weighted by atomic mass is 79.9. The molecular weight excluding hydrogens is 238 g/mol. The molecule has 66 valence electrons. The number of aromatic nitrogens is 2. The Kier molecular flexibility index (Phi) is 2.41. The van der Waals surface area contributed by atoms with Crippen molar-refractivity contribution in [3.8, 4) is 0 Å². The van der Waals surface area contributed by atoms with E-state index < -0.39 is 12.5 Å². The Balaban J connectivity index is 3.09. The number of nitrogens with zero attached hydrogens (tertiary/aromatic N) is 2. The molecule has 0 aliphatic heterocycles.